The molecule has 1 N–H and O–H groups in total. The zero-order chi connectivity index (χ0) is 13.7. The lowest BCUT2D eigenvalue weighted by Gasteiger charge is -2.05. The van der Waals surface area contributed by atoms with Crippen LogP contribution < -0.4 is 10.1 Å². The van der Waals surface area contributed by atoms with E-state index in [1.807, 2.05) is 18.2 Å². The minimum Gasteiger partial charge on any atom is -0.484 e. The summed E-state index contributed by atoms with van der Waals surface area (Å²) in [4.78, 5) is 4.04. The zero-order valence-corrected chi connectivity index (χ0v) is 12.6. The zero-order valence-electron chi connectivity index (χ0n) is 11.0. The fourth-order valence-corrected chi connectivity index (χ4v) is 1.87. The van der Waals surface area contributed by atoms with E-state index in [4.69, 9.17) is 9.15 Å². The van der Waals surface area contributed by atoms with Gasteiger partial charge in [0.2, 0.25) is 0 Å². The van der Waals surface area contributed by atoms with E-state index in [1.54, 1.807) is 12.4 Å². The van der Waals surface area contributed by atoms with Crippen LogP contribution in [0.2, 0.25) is 0 Å². The monoisotopic (exact) mass is 324 g/mol. The van der Waals surface area contributed by atoms with Crippen LogP contribution in [0.15, 0.2) is 39.5 Å². The van der Waals surface area contributed by atoms with E-state index < -0.39 is 0 Å². The number of nitrogens with one attached hydrogen (secondary N) is 1. The van der Waals surface area contributed by atoms with E-state index in [-0.39, 0.29) is 0 Å². The van der Waals surface area contributed by atoms with Crippen molar-refractivity contribution in [2.45, 2.75) is 33.0 Å². The Bertz CT molecular complexity index is 526. The predicted octanol–water partition coefficient (Wildman–Crippen LogP) is 3.51. The van der Waals surface area contributed by atoms with Gasteiger partial charge in [-0.15, -0.1) is 0 Å². The first-order chi connectivity index (χ1) is 9.13. The molecule has 0 aliphatic heterocycles. The number of halogens is 1. The second kappa shape index (κ2) is 6.73. The molecule has 5 heteroatoms. The number of hydrogen-bond donors (Lipinski definition) is 1. The second-order valence-electron chi connectivity index (χ2n) is 4.53. The highest BCUT2D eigenvalue weighted by Gasteiger charge is 2.04. The van der Waals surface area contributed by atoms with Crippen LogP contribution in [0.3, 0.4) is 0 Å². The molecule has 19 heavy (non-hydrogen) atoms. The molecule has 0 radical (unpaired) electrons. The Morgan fingerprint density at radius 2 is 2.11 bits per heavy atom. The smallest absolute Gasteiger partial charge is 0.146 e. The van der Waals surface area contributed by atoms with Gasteiger partial charge in [0, 0.05) is 16.7 Å². The van der Waals surface area contributed by atoms with Gasteiger partial charge in [0.1, 0.15) is 23.9 Å². The molecule has 0 aromatic carbocycles. The summed E-state index contributed by atoms with van der Waals surface area (Å²) in [5, 5.41) is 3.31. The third kappa shape index (κ3) is 4.69. The van der Waals surface area contributed by atoms with Gasteiger partial charge in [-0.05, 0) is 34.1 Å². The summed E-state index contributed by atoms with van der Waals surface area (Å²) < 4.78 is 12.2. The van der Waals surface area contributed by atoms with Gasteiger partial charge < -0.3 is 14.5 Å². The van der Waals surface area contributed by atoms with E-state index in [0.717, 1.165) is 22.5 Å². The van der Waals surface area contributed by atoms with Crippen LogP contribution in [0.5, 0.6) is 5.75 Å². The van der Waals surface area contributed by atoms with Crippen LogP contribution in [0, 0.1) is 0 Å². The van der Waals surface area contributed by atoms with Gasteiger partial charge in [-0.2, -0.15) is 0 Å². The Morgan fingerprint density at radius 3 is 2.84 bits per heavy atom. The van der Waals surface area contributed by atoms with Crippen molar-refractivity contribution < 1.29 is 9.15 Å². The van der Waals surface area contributed by atoms with Crippen molar-refractivity contribution in [3.05, 3.63) is 46.6 Å². The lowest BCUT2D eigenvalue weighted by molar-refractivity contribution is 0.263. The molecule has 0 bridgehead atoms. The average Bonchev–Trinajstić information content (AvgIpc) is 2.82. The molecule has 2 rings (SSSR count). The number of rotatable bonds is 6. The van der Waals surface area contributed by atoms with Crippen molar-refractivity contribution in [1.29, 1.82) is 0 Å². The number of furan rings is 1. The number of aromatic nitrogens is 1. The Kier molecular flexibility index (Phi) is 4.99. The van der Waals surface area contributed by atoms with E-state index in [1.165, 1.54) is 0 Å². The molecule has 0 unspecified atom stereocenters. The maximum atomic E-state index is 5.67. The van der Waals surface area contributed by atoms with Crippen LogP contribution in [0.1, 0.15) is 25.4 Å². The molecule has 0 fully saturated rings. The molecule has 0 spiro atoms. The summed E-state index contributed by atoms with van der Waals surface area (Å²) in [6.07, 6.45) is 3.39. The Morgan fingerprint density at radius 1 is 1.32 bits per heavy atom. The predicted molar refractivity (Wildman–Crippen MR) is 77.0 cm³/mol. The lowest BCUT2D eigenvalue weighted by atomic mass is 10.3. The SMILES string of the molecule is CC(C)NCc1ccc(COc2cncc(Br)c2)o1. The second-order valence-corrected chi connectivity index (χ2v) is 5.45. The van der Waals surface area contributed by atoms with Crippen molar-refractivity contribution in [3.8, 4) is 5.75 Å². The third-order valence-electron chi connectivity index (χ3n) is 2.46. The van der Waals surface area contributed by atoms with Crippen LogP contribution in [0.4, 0.5) is 0 Å². The summed E-state index contributed by atoms with van der Waals surface area (Å²) in [6.45, 7) is 5.34. The molecule has 0 saturated heterocycles. The molecule has 0 atom stereocenters. The summed E-state index contributed by atoms with van der Waals surface area (Å²) in [6, 6.07) is 6.21. The lowest BCUT2D eigenvalue weighted by Crippen LogP contribution is -2.21. The van der Waals surface area contributed by atoms with Crippen molar-refractivity contribution in [2.75, 3.05) is 0 Å². The highest BCUT2D eigenvalue weighted by Crippen LogP contribution is 2.18. The number of hydrogen-bond acceptors (Lipinski definition) is 4. The van der Waals surface area contributed by atoms with Crippen molar-refractivity contribution in [2.24, 2.45) is 0 Å². The molecule has 0 aliphatic carbocycles. The van der Waals surface area contributed by atoms with Gasteiger partial charge in [0.15, 0.2) is 0 Å². The van der Waals surface area contributed by atoms with Gasteiger partial charge >= 0.3 is 0 Å². The summed E-state index contributed by atoms with van der Waals surface area (Å²) in [7, 11) is 0. The largest absolute Gasteiger partial charge is 0.484 e. The Balaban J connectivity index is 1.86. The van der Waals surface area contributed by atoms with E-state index in [0.29, 0.717) is 18.4 Å². The normalized spacial score (nSPS) is 10.9. The fraction of sp³-hybridized carbons (Fsp3) is 0.357. The van der Waals surface area contributed by atoms with Crippen molar-refractivity contribution in [3.63, 3.8) is 0 Å². The van der Waals surface area contributed by atoms with E-state index in [9.17, 15) is 0 Å². The first-order valence-electron chi connectivity index (χ1n) is 6.18. The van der Waals surface area contributed by atoms with Gasteiger partial charge in [0.25, 0.3) is 0 Å². The van der Waals surface area contributed by atoms with Gasteiger partial charge in [-0.25, -0.2) is 0 Å². The quantitative estimate of drug-likeness (QED) is 0.883. The van der Waals surface area contributed by atoms with Gasteiger partial charge in [-0.1, -0.05) is 13.8 Å². The van der Waals surface area contributed by atoms with E-state index >= 15 is 0 Å². The first kappa shape index (κ1) is 14.1. The van der Waals surface area contributed by atoms with Crippen LogP contribution in [-0.4, -0.2) is 11.0 Å². The van der Waals surface area contributed by atoms with Crippen molar-refractivity contribution in [1.82, 2.24) is 10.3 Å². The van der Waals surface area contributed by atoms with Crippen LogP contribution >= 0.6 is 15.9 Å². The molecule has 2 heterocycles. The topological polar surface area (TPSA) is 47.3 Å². The highest BCUT2D eigenvalue weighted by molar-refractivity contribution is 9.10. The average molecular weight is 325 g/mol. The molecule has 0 saturated carbocycles. The molecule has 102 valence electrons. The van der Waals surface area contributed by atoms with Crippen LogP contribution in [0.25, 0.3) is 0 Å². The summed E-state index contributed by atoms with van der Waals surface area (Å²) >= 11 is 3.35. The van der Waals surface area contributed by atoms with Gasteiger partial charge in [0.05, 0.1) is 12.7 Å². The molecule has 4 nitrogen and oxygen atoms in total. The minimum absolute atomic E-state index is 0.403. The van der Waals surface area contributed by atoms with Gasteiger partial charge in [-0.3, -0.25) is 4.98 Å². The Hall–Kier alpha value is -1.33. The molecule has 0 aliphatic rings. The molecular formula is C14H17BrN2O2. The van der Waals surface area contributed by atoms with E-state index in [2.05, 4.69) is 40.1 Å². The first-order valence-corrected chi connectivity index (χ1v) is 6.97. The number of pyridine rings is 1. The highest BCUT2D eigenvalue weighted by atomic mass is 79.9. The maximum absolute atomic E-state index is 5.67. The fourth-order valence-electron chi connectivity index (χ4n) is 1.53. The number of nitrogens with zero attached hydrogens (tertiary/aromatic N) is 1. The molecule has 2 aromatic heterocycles. The summed E-state index contributed by atoms with van der Waals surface area (Å²) in [5.74, 6) is 2.44. The molecule has 0 amide bonds. The minimum atomic E-state index is 0.403. The Labute approximate surface area is 121 Å². The summed E-state index contributed by atoms with van der Waals surface area (Å²) in [5.41, 5.74) is 0. The van der Waals surface area contributed by atoms with Crippen molar-refractivity contribution >= 4 is 15.9 Å². The van der Waals surface area contributed by atoms with Crippen LogP contribution in [-0.2, 0) is 13.2 Å². The maximum Gasteiger partial charge on any atom is 0.146 e. The molecule has 2 aromatic rings. The standard InChI is InChI=1S/C14H17BrN2O2/c1-10(2)17-8-12-3-4-13(19-12)9-18-14-5-11(15)6-16-7-14/h3-7,10,17H,8-9H2,1-2H3. The number of ether oxygens (including phenoxy) is 1. The third-order valence-corrected chi connectivity index (χ3v) is 2.90. The molecular weight excluding hydrogens is 308 g/mol.